The van der Waals surface area contributed by atoms with Crippen molar-refractivity contribution in [2.75, 3.05) is 20.1 Å². The Morgan fingerprint density at radius 3 is 2.40 bits per heavy atom. The zero-order valence-corrected chi connectivity index (χ0v) is 11.3. The fourth-order valence-corrected chi connectivity index (χ4v) is 2.56. The smallest absolute Gasteiger partial charge is 0.318 e. The van der Waals surface area contributed by atoms with Crippen LogP contribution in [0.2, 0.25) is 0 Å². The molecule has 2 aliphatic rings. The lowest BCUT2D eigenvalue weighted by molar-refractivity contribution is -0.142. The summed E-state index contributed by atoms with van der Waals surface area (Å²) in [6.45, 7) is 2.21. The average molecular weight is 283 g/mol. The molecule has 2 N–H and O–H groups in total. The number of carbonyl (C=O) groups excluding carboxylic acids is 3. The first-order valence-corrected chi connectivity index (χ1v) is 6.40. The molecule has 8 heteroatoms. The molecule has 0 aromatic heterocycles. The second-order valence-corrected chi connectivity index (χ2v) is 5.32. The first-order valence-electron chi connectivity index (χ1n) is 6.40. The van der Waals surface area contributed by atoms with Crippen LogP contribution in [0.4, 0.5) is 4.79 Å². The van der Waals surface area contributed by atoms with E-state index >= 15 is 0 Å². The van der Waals surface area contributed by atoms with Gasteiger partial charge in [0.05, 0.1) is 12.3 Å². The molecule has 3 atom stereocenters. The predicted octanol–water partition coefficient (Wildman–Crippen LogP) is -0.894. The van der Waals surface area contributed by atoms with Gasteiger partial charge in [0.2, 0.25) is 5.91 Å². The zero-order chi connectivity index (χ0) is 15.0. The lowest BCUT2D eigenvalue weighted by Gasteiger charge is -2.19. The molecule has 0 aliphatic carbocycles. The Kier molecular flexibility index (Phi) is 3.65. The standard InChI is InChI=1S/C12H17N3O5/c1-6-4-15(5-7(6)11(18)19)12(20)13-8-3-9(16)14(2)10(8)17/h6-8H,3-5H2,1-2H3,(H,13,20)(H,18,19). The first-order chi connectivity index (χ1) is 9.31. The molecular formula is C12H17N3O5. The van der Waals surface area contributed by atoms with Gasteiger partial charge in [-0.3, -0.25) is 19.3 Å². The number of likely N-dealkylation sites (tertiary alicyclic amines) is 2. The highest BCUT2D eigenvalue weighted by Crippen LogP contribution is 2.23. The van der Waals surface area contributed by atoms with Crippen LogP contribution in [0.15, 0.2) is 0 Å². The molecule has 110 valence electrons. The number of amides is 4. The van der Waals surface area contributed by atoms with Gasteiger partial charge in [0.15, 0.2) is 0 Å². The van der Waals surface area contributed by atoms with E-state index in [4.69, 9.17) is 5.11 Å². The number of rotatable bonds is 2. The van der Waals surface area contributed by atoms with E-state index in [-0.39, 0.29) is 24.8 Å². The van der Waals surface area contributed by atoms with E-state index in [9.17, 15) is 19.2 Å². The summed E-state index contributed by atoms with van der Waals surface area (Å²) >= 11 is 0. The highest BCUT2D eigenvalue weighted by Gasteiger charge is 2.41. The SMILES string of the molecule is CC1CN(C(=O)NC2CC(=O)N(C)C2=O)CC1C(=O)O. The normalized spacial score (nSPS) is 30.0. The highest BCUT2D eigenvalue weighted by molar-refractivity contribution is 6.06. The van der Waals surface area contributed by atoms with Gasteiger partial charge in [-0.2, -0.15) is 0 Å². The zero-order valence-electron chi connectivity index (χ0n) is 11.3. The summed E-state index contributed by atoms with van der Waals surface area (Å²) in [5, 5.41) is 11.5. The van der Waals surface area contributed by atoms with Gasteiger partial charge in [-0.05, 0) is 5.92 Å². The number of urea groups is 1. The number of aliphatic carboxylic acids is 1. The molecule has 2 aliphatic heterocycles. The Labute approximate surface area is 115 Å². The van der Waals surface area contributed by atoms with Crippen molar-refractivity contribution in [2.45, 2.75) is 19.4 Å². The molecule has 8 nitrogen and oxygen atoms in total. The minimum absolute atomic E-state index is 0.0488. The van der Waals surface area contributed by atoms with Crippen LogP contribution in [0.1, 0.15) is 13.3 Å². The second kappa shape index (κ2) is 5.10. The molecule has 2 saturated heterocycles. The summed E-state index contributed by atoms with van der Waals surface area (Å²) in [6, 6.07) is -1.35. The molecule has 4 amide bonds. The quantitative estimate of drug-likeness (QED) is 0.639. The van der Waals surface area contributed by atoms with Crippen molar-refractivity contribution in [3.63, 3.8) is 0 Å². The molecule has 20 heavy (non-hydrogen) atoms. The maximum atomic E-state index is 12.0. The maximum absolute atomic E-state index is 12.0. The minimum Gasteiger partial charge on any atom is -0.481 e. The summed E-state index contributed by atoms with van der Waals surface area (Å²) < 4.78 is 0. The van der Waals surface area contributed by atoms with Crippen LogP contribution in [0.25, 0.3) is 0 Å². The third-order valence-electron chi connectivity index (χ3n) is 3.90. The number of hydrogen-bond donors (Lipinski definition) is 2. The molecule has 0 aromatic carbocycles. The molecule has 2 fully saturated rings. The Bertz CT molecular complexity index is 478. The number of nitrogens with one attached hydrogen (secondary N) is 1. The molecular weight excluding hydrogens is 266 g/mol. The summed E-state index contributed by atoms with van der Waals surface area (Å²) in [4.78, 5) is 48.4. The van der Waals surface area contributed by atoms with Gasteiger partial charge in [0.25, 0.3) is 5.91 Å². The van der Waals surface area contributed by atoms with Crippen molar-refractivity contribution < 1.29 is 24.3 Å². The van der Waals surface area contributed by atoms with Crippen LogP contribution < -0.4 is 5.32 Å². The maximum Gasteiger partial charge on any atom is 0.318 e. The van der Waals surface area contributed by atoms with Crippen LogP contribution in [0, 0.1) is 11.8 Å². The van der Waals surface area contributed by atoms with E-state index in [1.807, 2.05) is 0 Å². The summed E-state index contributed by atoms with van der Waals surface area (Å²) in [5.41, 5.74) is 0. The molecule has 0 bridgehead atoms. The van der Waals surface area contributed by atoms with Crippen molar-refractivity contribution in [1.82, 2.24) is 15.1 Å². The Morgan fingerprint density at radius 2 is 1.95 bits per heavy atom. The Morgan fingerprint density at radius 1 is 1.30 bits per heavy atom. The van der Waals surface area contributed by atoms with Gasteiger partial charge >= 0.3 is 12.0 Å². The van der Waals surface area contributed by atoms with Crippen molar-refractivity contribution in [3.05, 3.63) is 0 Å². The number of carbonyl (C=O) groups is 4. The molecule has 0 saturated carbocycles. The molecule has 2 heterocycles. The molecule has 3 unspecified atom stereocenters. The fraction of sp³-hybridized carbons (Fsp3) is 0.667. The van der Waals surface area contributed by atoms with Crippen molar-refractivity contribution >= 4 is 23.8 Å². The van der Waals surface area contributed by atoms with E-state index in [0.717, 1.165) is 4.90 Å². The number of likely N-dealkylation sites (N-methyl/N-ethyl adjacent to an activating group) is 1. The topological polar surface area (TPSA) is 107 Å². The number of carboxylic acid groups (broad SMARTS) is 1. The van der Waals surface area contributed by atoms with Gasteiger partial charge in [0.1, 0.15) is 6.04 Å². The third-order valence-corrected chi connectivity index (χ3v) is 3.90. The number of nitrogens with zero attached hydrogens (tertiary/aromatic N) is 2. The van der Waals surface area contributed by atoms with Gasteiger partial charge in [-0.25, -0.2) is 4.79 Å². The fourth-order valence-electron chi connectivity index (χ4n) is 2.56. The van der Waals surface area contributed by atoms with E-state index in [1.165, 1.54) is 11.9 Å². The van der Waals surface area contributed by atoms with E-state index in [0.29, 0.717) is 6.54 Å². The van der Waals surface area contributed by atoms with Crippen molar-refractivity contribution in [1.29, 1.82) is 0 Å². The van der Waals surface area contributed by atoms with Crippen LogP contribution >= 0.6 is 0 Å². The van der Waals surface area contributed by atoms with Gasteiger partial charge in [-0.15, -0.1) is 0 Å². The van der Waals surface area contributed by atoms with Crippen LogP contribution in [0.5, 0.6) is 0 Å². The second-order valence-electron chi connectivity index (χ2n) is 5.32. The largest absolute Gasteiger partial charge is 0.481 e. The van der Waals surface area contributed by atoms with Gasteiger partial charge in [-0.1, -0.05) is 6.92 Å². The van der Waals surface area contributed by atoms with Gasteiger partial charge in [0, 0.05) is 20.1 Å². The third kappa shape index (κ3) is 2.45. The molecule has 0 aromatic rings. The van der Waals surface area contributed by atoms with E-state index < -0.39 is 29.9 Å². The minimum atomic E-state index is -0.931. The van der Waals surface area contributed by atoms with Crippen molar-refractivity contribution in [3.8, 4) is 0 Å². The number of carboxylic acids is 1. The van der Waals surface area contributed by atoms with Crippen LogP contribution in [0.3, 0.4) is 0 Å². The van der Waals surface area contributed by atoms with Crippen LogP contribution in [-0.4, -0.2) is 64.9 Å². The summed E-state index contributed by atoms with van der Waals surface area (Å²) in [6.07, 6.45) is -0.0488. The van der Waals surface area contributed by atoms with E-state index in [2.05, 4.69) is 5.32 Å². The highest BCUT2D eigenvalue weighted by atomic mass is 16.4. The first kappa shape index (κ1) is 14.3. The molecule has 0 spiro atoms. The monoisotopic (exact) mass is 283 g/mol. The molecule has 0 radical (unpaired) electrons. The van der Waals surface area contributed by atoms with E-state index in [1.54, 1.807) is 6.92 Å². The lowest BCUT2D eigenvalue weighted by Crippen LogP contribution is -2.47. The van der Waals surface area contributed by atoms with Crippen molar-refractivity contribution in [2.24, 2.45) is 11.8 Å². The summed E-state index contributed by atoms with van der Waals surface area (Å²) in [5.74, 6) is -2.44. The number of hydrogen-bond acceptors (Lipinski definition) is 4. The van der Waals surface area contributed by atoms with Gasteiger partial charge < -0.3 is 15.3 Å². The molecule has 2 rings (SSSR count). The Hall–Kier alpha value is -2.12. The average Bonchev–Trinajstić information content (AvgIpc) is 2.87. The predicted molar refractivity (Wildman–Crippen MR) is 66.6 cm³/mol. The number of imide groups is 1. The summed E-state index contributed by atoms with van der Waals surface area (Å²) in [7, 11) is 1.37. The Balaban J connectivity index is 1.95. The lowest BCUT2D eigenvalue weighted by atomic mass is 9.99. The van der Waals surface area contributed by atoms with Crippen LogP contribution in [-0.2, 0) is 14.4 Å².